The fourth-order valence-corrected chi connectivity index (χ4v) is 3.46. The van der Waals surface area contributed by atoms with Crippen molar-refractivity contribution in [1.82, 2.24) is 5.32 Å². The summed E-state index contributed by atoms with van der Waals surface area (Å²) in [5.74, 6) is 1.02. The minimum atomic E-state index is -0.108. The SMILES string of the molecule is CN=C(NC1CC1c1ccccc1F)N1CCc2ccccc21.I. The summed E-state index contributed by atoms with van der Waals surface area (Å²) in [5, 5.41) is 3.51. The molecule has 0 bridgehead atoms. The Morgan fingerprint density at radius 3 is 2.71 bits per heavy atom. The zero-order valence-corrected chi connectivity index (χ0v) is 15.9. The Morgan fingerprint density at radius 2 is 1.92 bits per heavy atom. The van der Waals surface area contributed by atoms with Gasteiger partial charge in [0.05, 0.1) is 0 Å². The van der Waals surface area contributed by atoms with E-state index in [1.807, 2.05) is 19.2 Å². The van der Waals surface area contributed by atoms with Gasteiger partial charge >= 0.3 is 0 Å². The number of halogens is 2. The molecule has 2 aliphatic rings. The van der Waals surface area contributed by atoms with Gasteiger partial charge < -0.3 is 10.2 Å². The Balaban J connectivity index is 0.00000169. The number of aliphatic imine (C=N–C) groups is 1. The summed E-state index contributed by atoms with van der Waals surface area (Å²) in [7, 11) is 1.81. The predicted octanol–water partition coefficient (Wildman–Crippen LogP) is 3.94. The summed E-state index contributed by atoms with van der Waals surface area (Å²) in [4.78, 5) is 6.67. The van der Waals surface area contributed by atoms with Crippen LogP contribution in [-0.2, 0) is 6.42 Å². The van der Waals surface area contributed by atoms with Crippen molar-refractivity contribution in [2.75, 3.05) is 18.5 Å². The van der Waals surface area contributed by atoms with Gasteiger partial charge in [-0.3, -0.25) is 4.99 Å². The second-order valence-electron chi connectivity index (χ2n) is 6.19. The highest BCUT2D eigenvalue weighted by molar-refractivity contribution is 14.0. The molecule has 2 aromatic rings. The first-order valence-electron chi connectivity index (χ1n) is 8.11. The minimum Gasteiger partial charge on any atom is -0.353 e. The van der Waals surface area contributed by atoms with Crippen molar-refractivity contribution < 1.29 is 4.39 Å². The van der Waals surface area contributed by atoms with E-state index in [2.05, 4.69) is 39.5 Å². The first-order chi connectivity index (χ1) is 11.3. The van der Waals surface area contributed by atoms with Gasteiger partial charge in [0, 0.05) is 31.2 Å². The smallest absolute Gasteiger partial charge is 0.198 e. The van der Waals surface area contributed by atoms with Gasteiger partial charge in [0.1, 0.15) is 5.82 Å². The third kappa shape index (κ3) is 3.14. The van der Waals surface area contributed by atoms with Gasteiger partial charge in [-0.2, -0.15) is 0 Å². The molecule has 1 aliphatic carbocycles. The number of guanidine groups is 1. The summed E-state index contributed by atoms with van der Waals surface area (Å²) in [5.41, 5.74) is 3.39. The molecule has 2 unspecified atom stereocenters. The van der Waals surface area contributed by atoms with Crippen LogP contribution in [0.1, 0.15) is 23.5 Å². The highest BCUT2D eigenvalue weighted by Gasteiger charge is 2.41. The van der Waals surface area contributed by atoms with Crippen molar-refractivity contribution in [3.8, 4) is 0 Å². The average Bonchev–Trinajstić information content (AvgIpc) is 3.21. The first-order valence-corrected chi connectivity index (χ1v) is 8.11. The highest BCUT2D eigenvalue weighted by Crippen LogP contribution is 2.42. The summed E-state index contributed by atoms with van der Waals surface area (Å²) >= 11 is 0. The lowest BCUT2D eigenvalue weighted by molar-refractivity contribution is 0.608. The number of hydrogen-bond donors (Lipinski definition) is 1. The quantitative estimate of drug-likeness (QED) is 0.438. The maximum Gasteiger partial charge on any atom is 0.198 e. The lowest BCUT2D eigenvalue weighted by Crippen LogP contribution is -2.42. The average molecular weight is 437 g/mol. The van der Waals surface area contributed by atoms with E-state index in [-0.39, 0.29) is 41.8 Å². The second-order valence-corrected chi connectivity index (χ2v) is 6.19. The lowest BCUT2D eigenvalue weighted by atomic mass is 10.1. The molecule has 0 aromatic heterocycles. The topological polar surface area (TPSA) is 27.6 Å². The Labute approximate surface area is 159 Å². The molecular weight excluding hydrogens is 416 g/mol. The lowest BCUT2D eigenvalue weighted by Gasteiger charge is -2.22. The van der Waals surface area contributed by atoms with Gasteiger partial charge in [-0.1, -0.05) is 36.4 Å². The maximum atomic E-state index is 13.9. The van der Waals surface area contributed by atoms with E-state index in [1.54, 1.807) is 6.07 Å². The fourth-order valence-electron chi connectivity index (χ4n) is 3.46. The molecule has 126 valence electrons. The molecule has 0 amide bonds. The van der Waals surface area contributed by atoms with E-state index in [4.69, 9.17) is 0 Å². The number of nitrogens with zero attached hydrogens (tertiary/aromatic N) is 2. The van der Waals surface area contributed by atoms with Crippen LogP contribution in [0.4, 0.5) is 10.1 Å². The minimum absolute atomic E-state index is 0. The van der Waals surface area contributed by atoms with E-state index >= 15 is 0 Å². The van der Waals surface area contributed by atoms with Crippen LogP contribution in [-0.4, -0.2) is 25.6 Å². The monoisotopic (exact) mass is 437 g/mol. The summed E-state index contributed by atoms with van der Waals surface area (Å²) in [6.07, 6.45) is 1.99. The third-order valence-corrected chi connectivity index (χ3v) is 4.76. The largest absolute Gasteiger partial charge is 0.353 e. The molecule has 2 atom stereocenters. The van der Waals surface area contributed by atoms with Crippen molar-refractivity contribution in [1.29, 1.82) is 0 Å². The van der Waals surface area contributed by atoms with Crippen molar-refractivity contribution in [2.45, 2.75) is 24.8 Å². The van der Waals surface area contributed by atoms with E-state index in [0.29, 0.717) is 0 Å². The zero-order chi connectivity index (χ0) is 15.8. The van der Waals surface area contributed by atoms with Crippen LogP contribution < -0.4 is 10.2 Å². The molecule has 1 saturated carbocycles. The Kier molecular flexibility index (Phi) is 5.08. The van der Waals surface area contributed by atoms with Crippen molar-refractivity contribution in [3.05, 3.63) is 65.5 Å². The Hall–Kier alpha value is -1.63. The predicted molar refractivity (Wildman–Crippen MR) is 107 cm³/mol. The number of hydrogen-bond acceptors (Lipinski definition) is 1. The number of rotatable bonds is 2. The van der Waals surface area contributed by atoms with Crippen LogP contribution in [0, 0.1) is 5.82 Å². The molecule has 1 fully saturated rings. The molecule has 3 nitrogen and oxygen atoms in total. The van der Waals surface area contributed by atoms with E-state index < -0.39 is 0 Å². The van der Waals surface area contributed by atoms with Gasteiger partial charge in [0.2, 0.25) is 0 Å². The van der Waals surface area contributed by atoms with Crippen molar-refractivity contribution in [3.63, 3.8) is 0 Å². The second kappa shape index (κ2) is 7.09. The molecule has 1 N–H and O–H groups in total. The molecule has 0 radical (unpaired) electrons. The summed E-state index contributed by atoms with van der Waals surface area (Å²) < 4.78 is 13.9. The zero-order valence-electron chi connectivity index (χ0n) is 13.6. The van der Waals surface area contributed by atoms with Crippen LogP contribution in [0.5, 0.6) is 0 Å². The van der Waals surface area contributed by atoms with E-state index in [1.165, 1.54) is 17.3 Å². The molecular formula is C19H21FIN3. The van der Waals surface area contributed by atoms with Crippen LogP contribution in [0.2, 0.25) is 0 Å². The number of fused-ring (bicyclic) bond motifs is 1. The first kappa shape index (κ1) is 17.2. The van der Waals surface area contributed by atoms with Crippen LogP contribution in [0.15, 0.2) is 53.5 Å². The number of anilines is 1. The molecule has 0 spiro atoms. The summed E-state index contributed by atoms with van der Waals surface area (Å²) in [6.45, 7) is 0.941. The van der Waals surface area contributed by atoms with Crippen molar-refractivity contribution >= 4 is 35.6 Å². The van der Waals surface area contributed by atoms with Gasteiger partial charge in [-0.15, -0.1) is 24.0 Å². The third-order valence-electron chi connectivity index (χ3n) is 4.76. The summed E-state index contributed by atoms with van der Waals surface area (Å²) in [6, 6.07) is 15.8. The van der Waals surface area contributed by atoms with Gasteiger partial charge in [-0.25, -0.2) is 4.39 Å². The number of benzene rings is 2. The molecule has 2 aromatic carbocycles. The molecule has 4 rings (SSSR count). The fraction of sp³-hybridized carbons (Fsp3) is 0.316. The van der Waals surface area contributed by atoms with E-state index in [0.717, 1.165) is 30.9 Å². The van der Waals surface area contributed by atoms with Gasteiger partial charge in [0.25, 0.3) is 0 Å². The molecule has 1 heterocycles. The Morgan fingerprint density at radius 1 is 1.17 bits per heavy atom. The normalized spacial score (nSPS) is 21.9. The van der Waals surface area contributed by atoms with Crippen LogP contribution in [0.3, 0.4) is 0 Å². The highest BCUT2D eigenvalue weighted by atomic mass is 127. The van der Waals surface area contributed by atoms with E-state index in [9.17, 15) is 4.39 Å². The molecule has 1 aliphatic heterocycles. The molecule has 0 saturated heterocycles. The van der Waals surface area contributed by atoms with Gasteiger partial charge in [0.15, 0.2) is 5.96 Å². The maximum absolute atomic E-state index is 13.9. The Bertz CT molecular complexity index is 762. The molecule has 5 heteroatoms. The number of nitrogens with one attached hydrogen (secondary N) is 1. The standard InChI is InChI=1S/C19H20FN3.HI/c1-21-19(23-11-10-13-6-2-5-9-18(13)23)22-17-12-15(17)14-7-3-4-8-16(14)20;/h2-9,15,17H,10-12H2,1H3,(H,21,22);1H. The van der Waals surface area contributed by atoms with Crippen LogP contribution >= 0.6 is 24.0 Å². The van der Waals surface area contributed by atoms with Crippen molar-refractivity contribution in [2.24, 2.45) is 4.99 Å². The number of para-hydroxylation sites is 1. The van der Waals surface area contributed by atoms with Gasteiger partial charge in [-0.05, 0) is 36.1 Å². The van der Waals surface area contributed by atoms with Crippen LogP contribution in [0.25, 0.3) is 0 Å². The molecule has 24 heavy (non-hydrogen) atoms.